The predicted molar refractivity (Wildman–Crippen MR) is 116 cm³/mol. The highest BCUT2D eigenvalue weighted by Gasteiger charge is 2.22. The Morgan fingerprint density at radius 2 is 1.80 bits per heavy atom. The monoisotopic (exact) mass is 406 g/mol. The maximum Gasteiger partial charge on any atom is 0.255 e. The number of ether oxygens (including phenoxy) is 1. The molecular weight excluding hydrogens is 380 g/mol. The van der Waals surface area contributed by atoms with E-state index in [2.05, 4.69) is 15.7 Å². The molecule has 0 aliphatic heterocycles. The summed E-state index contributed by atoms with van der Waals surface area (Å²) in [7, 11) is 1.60. The summed E-state index contributed by atoms with van der Waals surface area (Å²) >= 11 is 0. The van der Waals surface area contributed by atoms with Crippen molar-refractivity contribution in [3.05, 3.63) is 66.4 Å². The molecule has 0 aliphatic carbocycles. The molecule has 0 aliphatic rings. The zero-order valence-electron chi connectivity index (χ0n) is 17.4. The van der Waals surface area contributed by atoms with Crippen molar-refractivity contribution in [1.29, 1.82) is 0 Å². The van der Waals surface area contributed by atoms with Crippen molar-refractivity contribution in [1.82, 2.24) is 20.4 Å². The van der Waals surface area contributed by atoms with Crippen LogP contribution in [0.2, 0.25) is 0 Å². The van der Waals surface area contributed by atoms with Gasteiger partial charge in [0.25, 0.3) is 5.91 Å². The number of aromatic nitrogens is 2. The lowest BCUT2D eigenvalue weighted by molar-refractivity contribution is -0.122. The lowest BCUT2D eigenvalue weighted by Crippen LogP contribution is -2.45. The number of rotatable bonds is 8. The molecule has 156 valence electrons. The summed E-state index contributed by atoms with van der Waals surface area (Å²) in [5.41, 5.74) is 2.53. The normalized spacial score (nSPS) is 11.6. The topological polar surface area (TPSA) is 85.3 Å². The number of benzene rings is 2. The van der Waals surface area contributed by atoms with Crippen LogP contribution in [0.15, 0.2) is 60.8 Å². The van der Waals surface area contributed by atoms with Crippen molar-refractivity contribution < 1.29 is 14.3 Å². The van der Waals surface area contributed by atoms with Crippen LogP contribution in [0.5, 0.6) is 5.75 Å². The summed E-state index contributed by atoms with van der Waals surface area (Å²) in [6.07, 6.45) is 2.51. The van der Waals surface area contributed by atoms with Crippen molar-refractivity contribution in [2.45, 2.75) is 26.3 Å². The van der Waals surface area contributed by atoms with Gasteiger partial charge in [0.15, 0.2) is 0 Å². The molecule has 0 bridgehead atoms. The van der Waals surface area contributed by atoms with Gasteiger partial charge in [0.05, 0.1) is 18.4 Å². The average Bonchev–Trinajstić information content (AvgIpc) is 3.23. The van der Waals surface area contributed by atoms with Crippen molar-refractivity contribution in [3.8, 4) is 22.7 Å². The van der Waals surface area contributed by atoms with Gasteiger partial charge in [0.2, 0.25) is 5.91 Å². The smallest absolute Gasteiger partial charge is 0.255 e. The number of carbonyl (C=O) groups is 2. The van der Waals surface area contributed by atoms with Crippen LogP contribution in [-0.2, 0) is 4.79 Å². The highest BCUT2D eigenvalue weighted by atomic mass is 16.5. The molecule has 7 nitrogen and oxygen atoms in total. The fourth-order valence-electron chi connectivity index (χ4n) is 2.96. The second kappa shape index (κ2) is 9.73. The first kappa shape index (κ1) is 21.1. The van der Waals surface area contributed by atoms with Crippen molar-refractivity contribution >= 4 is 11.8 Å². The first-order chi connectivity index (χ1) is 14.5. The fourth-order valence-corrected chi connectivity index (χ4v) is 2.96. The number of methoxy groups -OCH3 is 1. The predicted octanol–water partition coefficient (Wildman–Crippen LogP) is 3.19. The molecule has 2 aromatic carbocycles. The van der Waals surface area contributed by atoms with Crippen LogP contribution < -0.4 is 15.4 Å². The van der Waals surface area contributed by atoms with E-state index < -0.39 is 6.04 Å². The van der Waals surface area contributed by atoms with Gasteiger partial charge in [-0.2, -0.15) is 5.10 Å². The molecule has 7 heteroatoms. The molecule has 0 saturated carbocycles. The molecule has 2 N–H and O–H groups in total. The molecule has 0 saturated heterocycles. The number of carbonyl (C=O) groups excluding carboxylic acids is 2. The summed E-state index contributed by atoms with van der Waals surface area (Å²) in [5.74, 6) is 0.141. The van der Waals surface area contributed by atoms with E-state index in [1.54, 1.807) is 24.9 Å². The molecular formula is C23H26N4O3. The van der Waals surface area contributed by atoms with Crippen LogP contribution in [0.3, 0.4) is 0 Å². The van der Waals surface area contributed by atoms with Crippen LogP contribution in [0.1, 0.15) is 30.6 Å². The Bertz CT molecular complexity index is 997. The average molecular weight is 406 g/mol. The van der Waals surface area contributed by atoms with Crippen LogP contribution in [0, 0.1) is 0 Å². The number of hydrogen-bond acceptors (Lipinski definition) is 4. The molecule has 0 spiro atoms. The Kier molecular flexibility index (Phi) is 6.85. The minimum absolute atomic E-state index is 0.216. The fraction of sp³-hybridized carbons (Fsp3) is 0.261. The SMILES string of the molecule is CCCNC(=O)[C@H](C)NC(=O)c1cn(-c2ccccc2)nc1-c1ccc(OC)cc1. The number of nitrogens with one attached hydrogen (secondary N) is 2. The third-order valence-corrected chi connectivity index (χ3v) is 4.63. The van der Waals surface area contributed by atoms with E-state index in [0.29, 0.717) is 23.6 Å². The third kappa shape index (κ3) is 4.86. The molecule has 1 atom stereocenters. The van der Waals surface area contributed by atoms with Gasteiger partial charge in [0.1, 0.15) is 17.5 Å². The van der Waals surface area contributed by atoms with Crippen LogP contribution in [-0.4, -0.2) is 41.3 Å². The first-order valence-electron chi connectivity index (χ1n) is 9.91. The van der Waals surface area contributed by atoms with Gasteiger partial charge in [-0.25, -0.2) is 4.68 Å². The van der Waals surface area contributed by atoms with E-state index >= 15 is 0 Å². The van der Waals surface area contributed by atoms with Crippen molar-refractivity contribution in [2.75, 3.05) is 13.7 Å². The second-order valence-electron chi connectivity index (χ2n) is 6.89. The van der Waals surface area contributed by atoms with E-state index in [1.807, 2.05) is 61.5 Å². The largest absolute Gasteiger partial charge is 0.497 e. The quantitative estimate of drug-likeness (QED) is 0.602. The third-order valence-electron chi connectivity index (χ3n) is 4.63. The molecule has 30 heavy (non-hydrogen) atoms. The van der Waals surface area contributed by atoms with Gasteiger partial charge in [-0.3, -0.25) is 9.59 Å². The first-order valence-corrected chi connectivity index (χ1v) is 9.91. The van der Waals surface area contributed by atoms with Gasteiger partial charge in [-0.05, 0) is 49.7 Å². The van der Waals surface area contributed by atoms with E-state index in [4.69, 9.17) is 4.74 Å². The molecule has 3 rings (SSSR count). The summed E-state index contributed by atoms with van der Waals surface area (Å²) in [4.78, 5) is 25.2. The summed E-state index contributed by atoms with van der Waals surface area (Å²) in [5, 5.41) is 10.2. The molecule has 0 unspecified atom stereocenters. The highest BCUT2D eigenvalue weighted by Crippen LogP contribution is 2.26. The van der Waals surface area contributed by atoms with Crippen LogP contribution in [0.4, 0.5) is 0 Å². The molecule has 0 radical (unpaired) electrons. The summed E-state index contributed by atoms with van der Waals surface area (Å²) in [6.45, 7) is 4.21. The van der Waals surface area contributed by atoms with Gasteiger partial charge in [-0.15, -0.1) is 0 Å². The number of para-hydroxylation sites is 1. The molecule has 3 aromatic rings. The van der Waals surface area contributed by atoms with Crippen LogP contribution >= 0.6 is 0 Å². The lowest BCUT2D eigenvalue weighted by Gasteiger charge is -2.13. The summed E-state index contributed by atoms with van der Waals surface area (Å²) in [6, 6.07) is 16.2. The Morgan fingerprint density at radius 1 is 1.10 bits per heavy atom. The Balaban J connectivity index is 1.93. The molecule has 1 aromatic heterocycles. The highest BCUT2D eigenvalue weighted by molar-refractivity contribution is 6.02. The maximum atomic E-state index is 13.0. The second-order valence-corrected chi connectivity index (χ2v) is 6.89. The maximum absolute atomic E-state index is 13.0. The van der Waals surface area contributed by atoms with E-state index in [-0.39, 0.29) is 11.8 Å². The zero-order chi connectivity index (χ0) is 21.5. The van der Waals surface area contributed by atoms with Gasteiger partial charge < -0.3 is 15.4 Å². The van der Waals surface area contributed by atoms with Crippen molar-refractivity contribution in [3.63, 3.8) is 0 Å². The Labute approximate surface area is 176 Å². The Hall–Kier alpha value is -3.61. The number of amides is 2. The lowest BCUT2D eigenvalue weighted by atomic mass is 10.1. The van der Waals surface area contributed by atoms with Gasteiger partial charge in [-0.1, -0.05) is 25.1 Å². The molecule has 1 heterocycles. The molecule has 2 amide bonds. The minimum Gasteiger partial charge on any atom is -0.497 e. The minimum atomic E-state index is -0.659. The van der Waals surface area contributed by atoms with E-state index in [1.165, 1.54) is 0 Å². The van der Waals surface area contributed by atoms with Crippen LogP contribution in [0.25, 0.3) is 16.9 Å². The standard InChI is InChI=1S/C23H26N4O3/c1-4-14-24-22(28)16(2)25-23(29)20-15-27(18-8-6-5-7-9-18)26-21(20)17-10-12-19(30-3)13-11-17/h5-13,15-16H,4,14H2,1-3H3,(H,24,28)(H,25,29)/t16-/m0/s1. The number of nitrogens with zero attached hydrogens (tertiary/aromatic N) is 2. The van der Waals surface area contributed by atoms with E-state index in [9.17, 15) is 9.59 Å². The van der Waals surface area contributed by atoms with Gasteiger partial charge in [0, 0.05) is 18.3 Å². The molecule has 0 fully saturated rings. The number of hydrogen-bond donors (Lipinski definition) is 2. The zero-order valence-corrected chi connectivity index (χ0v) is 17.4. The summed E-state index contributed by atoms with van der Waals surface area (Å²) < 4.78 is 6.88. The van der Waals surface area contributed by atoms with Gasteiger partial charge >= 0.3 is 0 Å². The van der Waals surface area contributed by atoms with E-state index in [0.717, 1.165) is 17.7 Å². The van der Waals surface area contributed by atoms with Crippen molar-refractivity contribution in [2.24, 2.45) is 0 Å². The Morgan fingerprint density at radius 3 is 2.43 bits per heavy atom.